The van der Waals surface area contributed by atoms with Gasteiger partial charge in [-0.15, -0.1) is 0 Å². The fourth-order valence-corrected chi connectivity index (χ4v) is 2.43. The molecular formula is C18H14N4O2. The number of hydrogen-bond acceptors (Lipinski definition) is 6. The number of hydrogen-bond donors (Lipinski definition) is 2. The van der Waals surface area contributed by atoms with Gasteiger partial charge in [-0.05, 0) is 35.9 Å². The standard InChI is InChI=1S/C18H14N4O2/c1-24-17-5-4-11(7-16(17)23)13-8-15(12-3-2-6-21-10-12)22-18(20)14(13)9-19/h2-8,10,23H,1H3,(H2,20,22). The van der Waals surface area contributed by atoms with Crippen LogP contribution in [0.3, 0.4) is 0 Å². The summed E-state index contributed by atoms with van der Waals surface area (Å²) >= 11 is 0. The Morgan fingerprint density at radius 3 is 2.67 bits per heavy atom. The zero-order valence-corrected chi connectivity index (χ0v) is 12.9. The van der Waals surface area contributed by atoms with E-state index < -0.39 is 0 Å². The fourth-order valence-electron chi connectivity index (χ4n) is 2.43. The second-order valence-corrected chi connectivity index (χ2v) is 5.06. The molecule has 1 aromatic carbocycles. The van der Waals surface area contributed by atoms with Gasteiger partial charge < -0.3 is 15.6 Å². The van der Waals surface area contributed by atoms with Crippen molar-refractivity contribution in [1.82, 2.24) is 9.97 Å². The third-order valence-corrected chi connectivity index (χ3v) is 3.61. The fraction of sp³-hybridized carbons (Fsp3) is 0.0556. The van der Waals surface area contributed by atoms with Crippen molar-refractivity contribution in [3.8, 4) is 40.0 Å². The third kappa shape index (κ3) is 2.71. The van der Waals surface area contributed by atoms with Crippen LogP contribution in [0.5, 0.6) is 11.5 Å². The van der Waals surface area contributed by atoms with E-state index in [1.807, 2.05) is 6.07 Å². The van der Waals surface area contributed by atoms with Gasteiger partial charge in [0.25, 0.3) is 0 Å². The quantitative estimate of drug-likeness (QED) is 0.769. The van der Waals surface area contributed by atoms with E-state index in [-0.39, 0.29) is 17.1 Å². The van der Waals surface area contributed by atoms with E-state index in [0.717, 1.165) is 5.56 Å². The SMILES string of the molecule is COc1ccc(-c2cc(-c3cccnc3)nc(N)c2C#N)cc1O. The van der Waals surface area contributed by atoms with Crippen molar-refractivity contribution in [1.29, 1.82) is 5.26 Å². The normalized spacial score (nSPS) is 10.2. The molecule has 0 fully saturated rings. The molecule has 0 radical (unpaired) electrons. The number of phenolic OH excluding ortho intramolecular Hbond substituents is 1. The topological polar surface area (TPSA) is 105 Å². The number of methoxy groups -OCH3 is 1. The number of pyridine rings is 2. The average Bonchev–Trinajstić information content (AvgIpc) is 2.61. The molecule has 0 unspecified atom stereocenters. The number of rotatable bonds is 3. The van der Waals surface area contributed by atoms with Gasteiger partial charge in [-0.1, -0.05) is 6.07 Å². The first-order valence-electron chi connectivity index (χ1n) is 7.12. The lowest BCUT2D eigenvalue weighted by atomic mass is 9.98. The molecule has 3 aromatic rings. The van der Waals surface area contributed by atoms with Crippen molar-refractivity contribution >= 4 is 5.82 Å². The molecule has 0 atom stereocenters. The monoisotopic (exact) mass is 318 g/mol. The van der Waals surface area contributed by atoms with Crippen LogP contribution in [0, 0.1) is 11.3 Å². The molecule has 2 aromatic heterocycles. The minimum Gasteiger partial charge on any atom is -0.504 e. The summed E-state index contributed by atoms with van der Waals surface area (Å²) in [6, 6.07) is 12.4. The van der Waals surface area contributed by atoms with Gasteiger partial charge in [0.1, 0.15) is 17.5 Å². The molecule has 0 aliphatic rings. The predicted octanol–water partition coefficient (Wildman–Crippen LogP) is 2.98. The van der Waals surface area contributed by atoms with Crippen molar-refractivity contribution in [3.63, 3.8) is 0 Å². The lowest BCUT2D eigenvalue weighted by Crippen LogP contribution is -2.00. The van der Waals surface area contributed by atoms with Gasteiger partial charge in [0.15, 0.2) is 11.5 Å². The molecule has 6 nitrogen and oxygen atoms in total. The summed E-state index contributed by atoms with van der Waals surface area (Å²) in [5.41, 5.74) is 8.83. The average molecular weight is 318 g/mol. The number of nitrogen functional groups attached to an aromatic ring is 1. The number of aromatic hydroxyl groups is 1. The summed E-state index contributed by atoms with van der Waals surface area (Å²) in [7, 11) is 1.47. The summed E-state index contributed by atoms with van der Waals surface area (Å²) in [6.45, 7) is 0. The van der Waals surface area contributed by atoms with Gasteiger partial charge >= 0.3 is 0 Å². The smallest absolute Gasteiger partial charge is 0.160 e. The van der Waals surface area contributed by atoms with Gasteiger partial charge in [-0.3, -0.25) is 4.98 Å². The molecule has 3 N–H and O–H groups in total. The van der Waals surface area contributed by atoms with E-state index in [0.29, 0.717) is 22.6 Å². The highest BCUT2D eigenvalue weighted by Crippen LogP contribution is 2.35. The minimum absolute atomic E-state index is 0.0165. The van der Waals surface area contributed by atoms with Gasteiger partial charge in [0.05, 0.1) is 12.8 Å². The second-order valence-electron chi connectivity index (χ2n) is 5.06. The van der Waals surface area contributed by atoms with Crippen LogP contribution in [-0.4, -0.2) is 22.2 Å². The van der Waals surface area contributed by atoms with Crippen molar-refractivity contribution in [2.75, 3.05) is 12.8 Å². The first kappa shape index (κ1) is 15.3. The van der Waals surface area contributed by atoms with Crippen LogP contribution in [0.15, 0.2) is 48.8 Å². The zero-order valence-electron chi connectivity index (χ0n) is 12.9. The summed E-state index contributed by atoms with van der Waals surface area (Å²) in [5.74, 6) is 0.466. The molecule has 0 saturated carbocycles. The second kappa shape index (κ2) is 6.26. The molecule has 6 heteroatoms. The van der Waals surface area contributed by atoms with E-state index in [2.05, 4.69) is 16.0 Å². The summed E-state index contributed by atoms with van der Waals surface area (Å²) in [6.07, 6.45) is 3.34. The van der Waals surface area contributed by atoms with Crippen molar-refractivity contribution in [3.05, 3.63) is 54.4 Å². The number of nitrogens with zero attached hydrogens (tertiary/aromatic N) is 3. The zero-order chi connectivity index (χ0) is 17.1. The van der Waals surface area contributed by atoms with Gasteiger partial charge in [0.2, 0.25) is 0 Å². The molecular weight excluding hydrogens is 304 g/mol. The molecule has 0 saturated heterocycles. The maximum Gasteiger partial charge on any atom is 0.160 e. The molecule has 0 bridgehead atoms. The Bertz CT molecular complexity index is 934. The largest absolute Gasteiger partial charge is 0.504 e. The number of anilines is 1. The van der Waals surface area contributed by atoms with Crippen LogP contribution in [0.25, 0.3) is 22.4 Å². The van der Waals surface area contributed by atoms with E-state index in [9.17, 15) is 10.4 Å². The molecule has 0 aliphatic heterocycles. The Labute approximate surface area is 138 Å². The molecule has 0 spiro atoms. The van der Waals surface area contributed by atoms with Crippen molar-refractivity contribution in [2.24, 2.45) is 0 Å². The number of ether oxygens (including phenoxy) is 1. The van der Waals surface area contributed by atoms with Crippen LogP contribution in [0.1, 0.15) is 5.56 Å². The third-order valence-electron chi connectivity index (χ3n) is 3.61. The van der Waals surface area contributed by atoms with Crippen LogP contribution >= 0.6 is 0 Å². The van der Waals surface area contributed by atoms with E-state index >= 15 is 0 Å². The Morgan fingerprint density at radius 2 is 2.04 bits per heavy atom. The number of benzene rings is 1. The van der Waals surface area contributed by atoms with E-state index in [1.54, 1.807) is 36.7 Å². The summed E-state index contributed by atoms with van der Waals surface area (Å²) < 4.78 is 5.05. The molecule has 24 heavy (non-hydrogen) atoms. The number of nitrogens with two attached hydrogens (primary N) is 1. The maximum atomic E-state index is 10.0. The lowest BCUT2D eigenvalue weighted by Gasteiger charge is -2.11. The predicted molar refractivity (Wildman–Crippen MR) is 90.2 cm³/mol. The molecule has 3 rings (SSSR count). The van der Waals surface area contributed by atoms with Crippen LogP contribution in [-0.2, 0) is 0 Å². The van der Waals surface area contributed by atoms with Gasteiger partial charge in [0, 0.05) is 23.5 Å². The van der Waals surface area contributed by atoms with Crippen LogP contribution < -0.4 is 10.5 Å². The molecule has 0 amide bonds. The summed E-state index contributed by atoms with van der Waals surface area (Å²) in [5, 5.41) is 19.4. The molecule has 2 heterocycles. The van der Waals surface area contributed by atoms with Gasteiger partial charge in [-0.25, -0.2) is 4.98 Å². The Hall–Kier alpha value is -3.59. The van der Waals surface area contributed by atoms with Crippen LogP contribution in [0.4, 0.5) is 5.82 Å². The maximum absolute atomic E-state index is 10.0. The van der Waals surface area contributed by atoms with E-state index in [1.165, 1.54) is 13.2 Å². The Kier molecular flexibility index (Phi) is 4.00. The Balaban J connectivity index is 2.21. The first-order valence-corrected chi connectivity index (χ1v) is 7.12. The number of phenols is 1. The number of aromatic nitrogens is 2. The van der Waals surface area contributed by atoms with E-state index in [4.69, 9.17) is 10.5 Å². The molecule has 0 aliphatic carbocycles. The highest BCUT2D eigenvalue weighted by molar-refractivity contribution is 5.80. The Morgan fingerprint density at radius 1 is 1.21 bits per heavy atom. The molecule has 118 valence electrons. The minimum atomic E-state index is -0.0165. The first-order chi connectivity index (χ1) is 11.6. The van der Waals surface area contributed by atoms with Crippen molar-refractivity contribution < 1.29 is 9.84 Å². The number of nitriles is 1. The summed E-state index contributed by atoms with van der Waals surface area (Å²) in [4.78, 5) is 8.35. The highest BCUT2D eigenvalue weighted by atomic mass is 16.5. The van der Waals surface area contributed by atoms with Crippen molar-refractivity contribution in [2.45, 2.75) is 0 Å². The highest BCUT2D eigenvalue weighted by Gasteiger charge is 2.15. The van der Waals surface area contributed by atoms with Crippen LogP contribution in [0.2, 0.25) is 0 Å². The lowest BCUT2D eigenvalue weighted by molar-refractivity contribution is 0.373. The van der Waals surface area contributed by atoms with Gasteiger partial charge in [-0.2, -0.15) is 5.26 Å².